The highest BCUT2D eigenvalue weighted by Gasteiger charge is 2.54. The zero-order valence-corrected chi connectivity index (χ0v) is 20.9. The number of nitrogens with zero attached hydrogens (tertiary/aromatic N) is 2. The monoisotopic (exact) mass is 506 g/mol. The Morgan fingerprint density at radius 3 is 2.89 bits per heavy atom. The standard InChI is InChI=1S/C27H27FN4O3S/c1-27(2)11-15-6-4-8-18(22(15)35-27)24(33)30-12-20-19-10-16(19)13-32(20)25(34)21-23(36-26(29)31-21)14-5-3-7-17(28)9-14/h3-9,16,19-20H,10-13H2,1-2H3,(H2,29,31)(H,30,33)/t16-,19-,20+/m0/s1. The number of rotatable bonds is 5. The van der Waals surface area contributed by atoms with E-state index in [0.717, 1.165) is 18.4 Å². The van der Waals surface area contributed by atoms with Crippen LogP contribution in [-0.4, -0.2) is 46.4 Å². The Hall–Kier alpha value is -3.46. The lowest BCUT2D eigenvalue weighted by Gasteiger charge is -2.27. The number of amides is 2. The van der Waals surface area contributed by atoms with E-state index in [9.17, 15) is 14.0 Å². The molecular formula is C27H27FN4O3S. The molecule has 3 atom stereocenters. The number of thiazole rings is 1. The number of carbonyl (C=O) groups excluding carboxylic acids is 2. The largest absolute Gasteiger partial charge is 0.486 e. The topological polar surface area (TPSA) is 97.6 Å². The summed E-state index contributed by atoms with van der Waals surface area (Å²) in [6.45, 7) is 4.97. The number of hydrogen-bond acceptors (Lipinski definition) is 6. The van der Waals surface area contributed by atoms with E-state index in [1.807, 2.05) is 26.0 Å². The average molecular weight is 507 g/mol. The molecule has 9 heteroatoms. The zero-order chi connectivity index (χ0) is 25.2. The van der Waals surface area contributed by atoms with Gasteiger partial charge in [-0.2, -0.15) is 0 Å². The summed E-state index contributed by atoms with van der Waals surface area (Å²) in [5.41, 5.74) is 7.97. The Labute approximate surface area is 212 Å². The van der Waals surface area contributed by atoms with Crippen LogP contribution in [0.25, 0.3) is 10.4 Å². The van der Waals surface area contributed by atoms with E-state index in [1.165, 1.54) is 23.5 Å². The van der Waals surface area contributed by atoms with E-state index in [0.29, 0.717) is 46.7 Å². The highest BCUT2D eigenvalue weighted by molar-refractivity contribution is 7.19. The highest BCUT2D eigenvalue weighted by Crippen LogP contribution is 2.50. The SMILES string of the molecule is CC1(C)Cc2cccc(C(=O)NC[C@@H]3[C@H]4C[C@H]4CN3C(=O)c3nc(N)sc3-c3cccc(F)c3)c2O1. The van der Waals surface area contributed by atoms with Crippen molar-refractivity contribution in [1.29, 1.82) is 0 Å². The van der Waals surface area contributed by atoms with Crippen LogP contribution in [0.15, 0.2) is 42.5 Å². The van der Waals surface area contributed by atoms with Gasteiger partial charge in [0.1, 0.15) is 22.9 Å². The Kier molecular flexibility index (Phi) is 5.29. The third kappa shape index (κ3) is 4.01. The van der Waals surface area contributed by atoms with Gasteiger partial charge in [0.05, 0.1) is 16.5 Å². The van der Waals surface area contributed by atoms with Crippen LogP contribution in [0.3, 0.4) is 0 Å². The molecule has 3 aromatic rings. The molecule has 0 unspecified atom stereocenters. The fraction of sp³-hybridized carbons (Fsp3) is 0.370. The minimum absolute atomic E-state index is 0.135. The molecule has 1 aliphatic carbocycles. The first-order valence-corrected chi connectivity index (χ1v) is 12.9. The van der Waals surface area contributed by atoms with Gasteiger partial charge in [-0.25, -0.2) is 9.37 Å². The van der Waals surface area contributed by atoms with Crippen molar-refractivity contribution in [2.75, 3.05) is 18.8 Å². The van der Waals surface area contributed by atoms with Crippen molar-refractivity contribution in [3.05, 3.63) is 65.1 Å². The number of aromatic nitrogens is 1. The molecule has 3 heterocycles. The first-order chi connectivity index (χ1) is 17.2. The number of para-hydroxylation sites is 1. The zero-order valence-electron chi connectivity index (χ0n) is 20.1. The molecule has 1 aromatic heterocycles. The summed E-state index contributed by atoms with van der Waals surface area (Å²) in [6, 6.07) is 11.6. The molecule has 3 aliphatic rings. The average Bonchev–Trinajstić information content (AvgIpc) is 3.17. The molecule has 186 valence electrons. The molecule has 36 heavy (non-hydrogen) atoms. The van der Waals surface area contributed by atoms with Crippen LogP contribution in [0.2, 0.25) is 0 Å². The van der Waals surface area contributed by atoms with E-state index >= 15 is 0 Å². The lowest BCUT2D eigenvalue weighted by Crippen LogP contribution is -2.45. The first-order valence-electron chi connectivity index (χ1n) is 12.1. The molecule has 0 spiro atoms. The first kappa shape index (κ1) is 23.0. The molecule has 7 nitrogen and oxygen atoms in total. The second-order valence-electron chi connectivity index (χ2n) is 10.5. The summed E-state index contributed by atoms with van der Waals surface area (Å²) in [6.07, 6.45) is 1.79. The maximum absolute atomic E-state index is 13.9. The van der Waals surface area contributed by atoms with Crippen molar-refractivity contribution in [3.63, 3.8) is 0 Å². The number of likely N-dealkylation sites (tertiary alicyclic amines) is 1. The molecule has 0 bridgehead atoms. The second-order valence-corrected chi connectivity index (χ2v) is 11.5. The summed E-state index contributed by atoms with van der Waals surface area (Å²) in [5, 5.41) is 3.30. The molecule has 2 amide bonds. The van der Waals surface area contributed by atoms with Gasteiger partial charge < -0.3 is 20.7 Å². The van der Waals surface area contributed by atoms with E-state index in [1.54, 1.807) is 23.1 Å². The quantitative estimate of drug-likeness (QED) is 0.542. The number of nitrogen functional groups attached to an aromatic ring is 1. The molecule has 2 aliphatic heterocycles. The van der Waals surface area contributed by atoms with E-state index < -0.39 is 0 Å². The maximum atomic E-state index is 13.9. The van der Waals surface area contributed by atoms with Crippen molar-refractivity contribution in [2.24, 2.45) is 11.8 Å². The van der Waals surface area contributed by atoms with Crippen molar-refractivity contribution < 1.29 is 18.7 Å². The number of halogens is 1. The molecule has 2 aromatic carbocycles. The van der Waals surface area contributed by atoms with Crippen molar-refractivity contribution >= 4 is 28.3 Å². The summed E-state index contributed by atoms with van der Waals surface area (Å²) < 4.78 is 19.9. The van der Waals surface area contributed by atoms with Gasteiger partial charge in [0.25, 0.3) is 11.8 Å². The van der Waals surface area contributed by atoms with Gasteiger partial charge in [-0.3, -0.25) is 9.59 Å². The van der Waals surface area contributed by atoms with Gasteiger partial charge in [0.15, 0.2) is 5.13 Å². The lowest BCUT2D eigenvalue weighted by molar-refractivity contribution is 0.0689. The van der Waals surface area contributed by atoms with Gasteiger partial charge in [-0.15, -0.1) is 0 Å². The Bertz CT molecular complexity index is 1390. The molecule has 1 saturated carbocycles. The molecule has 2 fully saturated rings. The number of carbonyl (C=O) groups is 2. The summed E-state index contributed by atoms with van der Waals surface area (Å²) in [4.78, 5) is 33.5. The summed E-state index contributed by atoms with van der Waals surface area (Å²) in [5.74, 6) is 0.579. The fourth-order valence-electron chi connectivity index (χ4n) is 5.60. The predicted octanol–water partition coefficient (Wildman–Crippen LogP) is 4.14. The number of nitrogens with one attached hydrogen (secondary N) is 1. The van der Waals surface area contributed by atoms with Crippen LogP contribution < -0.4 is 15.8 Å². The molecule has 6 rings (SSSR count). The molecule has 1 saturated heterocycles. The maximum Gasteiger partial charge on any atom is 0.274 e. The third-order valence-electron chi connectivity index (χ3n) is 7.30. The fourth-order valence-corrected chi connectivity index (χ4v) is 6.42. The van der Waals surface area contributed by atoms with Crippen LogP contribution in [0.1, 0.15) is 46.7 Å². The second kappa shape index (κ2) is 8.30. The minimum Gasteiger partial charge on any atom is -0.486 e. The number of benzene rings is 2. The van der Waals surface area contributed by atoms with E-state index in [4.69, 9.17) is 10.5 Å². The number of fused-ring (bicyclic) bond motifs is 2. The van der Waals surface area contributed by atoms with Crippen LogP contribution in [0.4, 0.5) is 9.52 Å². The number of anilines is 1. The number of piperidine rings is 1. The van der Waals surface area contributed by atoms with E-state index in [2.05, 4.69) is 10.3 Å². The van der Waals surface area contributed by atoms with Gasteiger partial charge in [0.2, 0.25) is 0 Å². The number of ether oxygens (including phenoxy) is 1. The minimum atomic E-state index is -0.388. The smallest absolute Gasteiger partial charge is 0.274 e. The molecule has 0 radical (unpaired) electrons. The van der Waals surface area contributed by atoms with Gasteiger partial charge in [-0.05, 0) is 61.4 Å². The van der Waals surface area contributed by atoms with Gasteiger partial charge in [-0.1, -0.05) is 35.6 Å². The Morgan fingerprint density at radius 1 is 1.28 bits per heavy atom. The van der Waals surface area contributed by atoms with Crippen molar-refractivity contribution in [3.8, 4) is 16.2 Å². The normalized spacial score (nSPS) is 23.1. The van der Waals surface area contributed by atoms with Crippen molar-refractivity contribution in [1.82, 2.24) is 15.2 Å². The van der Waals surface area contributed by atoms with Gasteiger partial charge >= 0.3 is 0 Å². The predicted molar refractivity (Wildman–Crippen MR) is 136 cm³/mol. The molecule has 3 N–H and O–H groups in total. The third-order valence-corrected chi connectivity index (χ3v) is 8.24. The van der Waals surface area contributed by atoms with E-state index in [-0.39, 0.29) is 40.1 Å². The number of hydrogen-bond donors (Lipinski definition) is 2. The number of nitrogens with two attached hydrogens (primary N) is 1. The van der Waals surface area contributed by atoms with Crippen LogP contribution in [0.5, 0.6) is 5.75 Å². The Balaban J connectivity index is 1.21. The highest BCUT2D eigenvalue weighted by atomic mass is 32.1. The van der Waals surface area contributed by atoms with Crippen LogP contribution >= 0.6 is 11.3 Å². The lowest BCUT2D eigenvalue weighted by atomic mass is 10.0. The Morgan fingerprint density at radius 2 is 2.08 bits per heavy atom. The summed E-state index contributed by atoms with van der Waals surface area (Å²) in [7, 11) is 0. The van der Waals surface area contributed by atoms with Crippen LogP contribution in [0, 0.1) is 17.7 Å². The van der Waals surface area contributed by atoms with Crippen LogP contribution in [-0.2, 0) is 6.42 Å². The molecular weight excluding hydrogens is 479 g/mol. The van der Waals surface area contributed by atoms with Crippen molar-refractivity contribution in [2.45, 2.75) is 38.3 Å². The van der Waals surface area contributed by atoms with Gasteiger partial charge in [0, 0.05) is 19.5 Å². The summed E-state index contributed by atoms with van der Waals surface area (Å²) >= 11 is 1.17.